The van der Waals surface area contributed by atoms with E-state index < -0.39 is 0 Å². The molecular weight excluding hydrogens is 243 g/mol. The van der Waals surface area contributed by atoms with Gasteiger partial charge in [-0.25, -0.2) is 4.39 Å². The highest BCUT2D eigenvalue weighted by molar-refractivity contribution is 5.77. The third-order valence-electron chi connectivity index (χ3n) is 3.73. The number of rotatable bonds is 5. The smallest absolute Gasteiger partial charge is 0.223 e. The molecule has 0 spiro atoms. The highest BCUT2D eigenvalue weighted by atomic mass is 19.1. The number of hydrogen-bond acceptors (Lipinski definition) is 2. The normalized spacial score (nSPS) is 19.8. The summed E-state index contributed by atoms with van der Waals surface area (Å²) in [5.41, 5.74) is 6.48. The van der Waals surface area contributed by atoms with Gasteiger partial charge in [0.1, 0.15) is 5.82 Å². The fourth-order valence-corrected chi connectivity index (χ4v) is 2.57. The van der Waals surface area contributed by atoms with Crippen molar-refractivity contribution in [3.63, 3.8) is 0 Å². The van der Waals surface area contributed by atoms with E-state index in [4.69, 9.17) is 5.73 Å². The predicted molar refractivity (Wildman–Crippen MR) is 72.8 cm³/mol. The number of hydrogen-bond donors (Lipinski definition) is 1. The van der Waals surface area contributed by atoms with Gasteiger partial charge in [-0.1, -0.05) is 12.1 Å². The van der Waals surface area contributed by atoms with Gasteiger partial charge in [-0.2, -0.15) is 0 Å². The van der Waals surface area contributed by atoms with Crippen molar-refractivity contribution in [1.29, 1.82) is 0 Å². The first-order valence-corrected chi connectivity index (χ1v) is 6.91. The zero-order valence-electron chi connectivity index (χ0n) is 11.1. The molecule has 2 N–H and O–H groups in total. The number of nitrogens with zero attached hydrogens (tertiary/aromatic N) is 1. The van der Waals surface area contributed by atoms with Crippen LogP contribution in [-0.4, -0.2) is 23.9 Å². The fraction of sp³-hybridized carbons (Fsp3) is 0.533. The van der Waals surface area contributed by atoms with E-state index in [1.165, 1.54) is 12.1 Å². The maximum Gasteiger partial charge on any atom is 0.223 e. The summed E-state index contributed by atoms with van der Waals surface area (Å²) in [6.07, 6.45) is 3.72. The lowest BCUT2D eigenvalue weighted by Gasteiger charge is -2.31. The minimum absolute atomic E-state index is 0.206. The summed E-state index contributed by atoms with van der Waals surface area (Å²) in [6, 6.07) is 6.36. The van der Waals surface area contributed by atoms with E-state index in [0.717, 1.165) is 31.4 Å². The van der Waals surface area contributed by atoms with Crippen molar-refractivity contribution in [2.45, 2.75) is 32.2 Å². The van der Waals surface area contributed by atoms with Gasteiger partial charge < -0.3 is 10.6 Å². The second-order valence-electron chi connectivity index (χ2n) is 5.23. The molecular formula is C15H21FN2O. The number of benzene rings is 1. The van der Waals surface area contributed by atoms with Crippen LogP contribution >= 0.6 is 0 Å². The van der Waals surface area contributed by atoms with Crippen molar-refractivity contribution in [2.24, 2.45) is 11.7 Å². The maximum atomic E-state index is 12.8. The van der Waals surface area contributed by atoms with Gasteiger partial charge in [-0.15, -0.1) is 0 Å². The molecule has 1 unspecified atom stereocenters. The number of likely N-dealkylation sites (tertiary alicyclic amines) is 1. The molecule has 1 saturated heterocycles. The van der Waals surface area contributed by atoms with Crippen molar-refractivity contribution in [1.82, 2.24) is 4.90 Å². The number of carbonyl (C=O) groups is 1. The third kappa shape index (κ3) is 4.03. The number of carbonyl (C=O) groups excluding carboxylic acids is 1. The standard InChI is InChI=1S/C15H21FN2O/c16-14-5-3-13(4-6-14)11-18-9-7-12(2-1-8-17)10-15(18)19/h3-6,12H,1-2,7-11,17H2. The van der Waals surface area contributed by atoms with Crippen molar-refractivity contribution in [3.8, 4) is 0 Å². The summed E-state index contributed by atoms with van der Waals surface area (Å²) in [5.74, 6) is 0.452. The maximum absolute atomic E-state index is 12.8. The van der Waals surface area contributed by atoms with Crippen LogP contribution in [0.25, 0.3) is 0 Å². The predicted octanol–water partition coefficient (Wildman–Crippen LogP) is 2.30. The van der Waals surface area contributed by atoms with Crippen LogP contribution in [-0.2, 0) is 11.3 Å². The molecule has 0 aromatic heterocycles. The summed E-state index contributed by atoms with van der Waals surface area (Å²) >= 11 is 0. The van der Waals surface area contributed by atoms with Gasteiger partial charge in [0.25, 0.3) is 0 Å². The van der Waals surface area contributed by atoms with Crippen LogP contribution in [0.1, 0.15) is 31.2 Å². The molecule has 1 atom stereocenters. The van der Waals surface area contributed by atoms with Gasteiger partial charge in [0.2, 0.25) is 5.91 Å². The molecule has 2 rings (SSSR count). The van der Waals surface area contributed by atoms with Crippen LogP contribution < -0.4 is 5.73 Å². The zero-order chi connectivity index (χ0) is 13.7. The lowest BCUT2D eigenvalue weighted by Crippen LogP contribution is -2.38. The lowest BCUT2D eigenvalue weighted by atomic mass is 9.91. The van der Waals surface area contributed by atoms with Crippen LogP contribution in [0.3, 0.4) is 0 Å². The molecule has 104 valence electrons. The Hall–Kier alpha value is -1.42. The summed E-state index contributed by atoms with van der Waals surface area (Å²) in [5, 5.41) is 0. The second-order valence-corrected chi connectivity index (χ2v) is 5.23. The van der Waals surface area contributed by atoms with Crippen molar-refractivity contribution >= 4 is 5.91 Å². The van der Waals surface area contributed by atoms with Crippen LogP contribution in [0.5, 0.6) is 0 Å². The largest absolute Gasteiger partial charge is 0.338 e. The zero-order valence-corrected chi connectivity index (χ0v) is 11.1. The van der Waals surface area contributed by atoms with Gasteiger partial charge in [-0.05, 0) is 49.4 Å². The molecule has 0 bridgehead atoms. The van der Waals surface area contributed by atoms with E-state index in [2.05, 4.69) is 0 Å². The van der Waals surface area contributed by atoms with Crippen LogP contribution in [0.15, 0.2) is 24.3 Å². The Morgan fingerprint density at radius 2 is 2.05 bits per heavy atom. The summed E-state index contributed by atoms with van der Waals surface area (Å²) in [7, 11) is 0. The molecule has 1 aromatic rings. The Bertz CT molecular complexity index is 419. The molecule has 1 aliphatic heterocycles. The van der Waals surface area contributed by atoms with E-state index in [1.54, 1.807) is 12.1 Å². The minimum Gasteiger partial charge on any atom is -0.338 e. The SMILES string of the molecule is NCCCC1CCN(Cc2ccc(F)cc2)C(=O)C1. The van der Waals surface area contributed by atoms with Gasteiger partial charge in [-0.3, -0.25) is 4.79 Å². The molecule has 4 heteroatoms. The number of nitrogens with two attached hydrogens (primary N) is 1. The number of amides is 1. The molecule has 19 heavy (non-hydrogen) atoms. The van der Waals surface area contributed by atoms with Gasteiger partial charge in [0, 0.05) is 19.5 Å². The van der Waals surface area contributed by atoms with E-state index >= 15 is 0 Å². The Morgan fingerprint density at radius 3 is 2.68 bits per heavy atom. The summed E-state index contributed by atoms with van der Waals surface area (Å²) in [6.45, 7) is 2.08. The molecule has 0 radical (unpaired) electrons. The van der Waals surface area contributed by atoms with Crippen molar-refractivity contribution in [2.75, 3.05) is 13.1 Å². The average Bonchev–Trinajstić information content (AvgIpc) is 2.41. The topological polar surface area (TPSA) is 46.3 Å². The molecule has 1 aromatic carbocycles. The molecule has 1 fully saturated rings. The van der Waals surface area contributed by atoms with E-state index in [-0.39, 0.29) is 11.7 Å². The molecule has 0 aliphatic carbocycles. The fourth-order valence-electron chi connectivity index (χ4n) is 2.57. The van der Waals surface area contributed by atoms with Gasteiger partial charge in [0.05, 0.1) is 0 Å². The number of halogens is 1. The number of piperidine rings is 1. The monoisotopic (exact) mass is 264 g/mol. The van der Waals surface area contributed by atoms with Crippen LogP contribution in [0.2, 0.25) is 0 Å². The first kappa shape index (κ1) is 14.0. The molecule has 1 amide bonds. The molecule has 1 heterocycles. The second kappa shape index (κ2) is 6.66. The van der Waals surface area contributed by atoms with Crippen molar-refractivity contribution in [3.05, 3.63) is 35.6 Å². The highest BCUT2D eigenvalue weighted by Gasteiger charge is 2.25. The first-order valence-electron chi connectivity index (χ1n) is 6.91. The van der Waals surface area contributed by atoms with Gasteiger partial charge >= 0.3 is 0 Å². The third-order valence-corrected chi connectivity index (χ3v) is 3.73. The summed E-state index contributed by atoms with van der Waals surface area (Å²) in [4.78, 5) is 13.9. The van der Waals surface area contributed by atoms with E-state index in [1.807, 2.05) is 4.90 Å². The minimum atomic E-state index is -0.240. The first-order chi connectivity index (χ1) is 9.19. The van der Waals surface area contributed by atoms with E-state index in [0.29, 0.717) is 25.4 Å². The lowest BCUT2D eigenvalue weighted by molar-refractivity contribution is -0.135. The average molecular weight is 264 g/mol. The molecule has 0 saturated carbocycles. The Labute approximate surface area is 113 Å². The Balaban J connectivity index is 1.86. The Morgan fingerprint density at radius 1 is 1.32 bits per heavy atom. The Kier molecular flexibility index (Phi) is 4.91. The molecule has 3 nitrogen and oxygen atoms in total. The summed E-state index contributed by atoms with van der Waals surface area (Å²) < 4.78 is 12.8. The van der Waals surface area contributed by atoms with Crippen LogP contribution in [0.4, 0.5) is 4.39 Å². The van der Waals surface area contributed by atoms with Crippen molar-refractivity contribution < 1.29 is 9.18 Å². The molecule has 1 aliphatic rings. The van der Waals surface area contributed by atoms with Gasteiger partial charge in [0.15, 0.2) is 0 Å². The van der Waals surface area contributed by atoms with Crippen LogP contribution in [0, 0.1) is 11.7 Å². The quantitative estimate of drug-likeness (QED) is 0.887. The van der Waals surface area contributed by atoms with E-state index in [9.17, 15) is 9.18 Å². The highest BCUT2D eigenvalue weighted by Crippen LogP contribution is 2.23.